The SMILES string of the molecule is CCCCC(Sc1ncnc2[nH]c3ccccc3c12)C(=O)O. The highest BCUT2D eigenvalue weighted by molar-refractivity contribution is 8.00. The highest BCUT2D eigenvalue weighted by Gasteiger charge is 2.21. The van der Waals surface area contributed by atoms with Gasteiger partial charge in [0, 0.05) is 10.9 Å². The Morgan fingerprint density at radius 1 is 1.36 bits per heavy atom. The lowest BCUT2D eigenvalue weighted by Gasteiger charge is -2.11. The summed E-state index contributed by atoms with van der Waals surface area (Å²) < 4.78 is 0. The highest BCUT2D eigenvalue weighted by atomic mass is 32.2. The van der Waals surface area contributed by atoms with Gasteiger partial charge < -0.3 is 10.1 Å². The fourth-order valence-corrected chi connectivity index (χ4v) is 3.58. The van der Waals surface area contributed by atoms with Crippen molar-refractivity contribution < 1.29 is 9.90 Å². The summed E-state index contributed by atoms with van der Waals surface area (Å²) in [6.45, 7) is 2.06. The molecule has 3 aromatic rings. The van der Waals surface area contributed by atoms with E-state index in [-0.39, 0.29) is 0 Å². The molecular weight excluding hydrogens is 298 g/mol. The molecular formula is C16H17N3O2S. The minimum Gasteiger partial charge on any atom is -0.480 e. The van der Waals surface area contributed by atoms with E-state index < -0.39 is 11.2 Å². The third kappa shape index (κ3) is 2.78. The molecule has 0 aliphatic heterocycles. The average molecular weight is 315 g/mol. The Bertz CT molecular complexity index is 815. The molecule has 5 nitrogen and oxygen atoms in total. The Labute approximate surface area is 132 Å². The molecule has 2 heterocycles. The van der Waals surface area contributed by atoms with Crippen LogP contribution in [0, 0.1) is 0 Å². The van der Waals surface area contributed by atoms with E-state index in [1.54, 1.807) is 0 Å². The van der Waals surface area contributed by atoms with Crippen LogP contribution in [-0.4, -0.2) is 31.3 Å². The summed E-state index contributed by atoms with van der Waals surface area (Å²) in [4.78, 5) is 23.3. The lowest BCUT2D eigenvalue weighted by Crippen LogP contribution is -2.16. The van der Waals surface area contributed by atoms with E-state index in [0.29, 0.717) is 6.42 Å². The van der Waals surface area contributed by atoms with Gasteiger partial charge in [-0.15, -0.1) is 0 Å². The molecule has 0 amide bonds. The van der Waals surface area contributed by atoms with Crippen LogP contribution in [-0.2, 0) is 4.79 Å². The minimum atomic E-state index is -0.787. The Morgan fingerprint density at radius 3 is 2.95 bits per heavy atom. The number of rotatable bonds is 6. The second kappa shape index (κ2) is 6.36. The van der Waals surface area contributed by atoms with Gasteiger partial charge in [0.15, 0.2) is 0 Å². The van der Waals surface area contributed by atoms with Gasteiger partial charge in [0.05, 0.1) is 5.39 Å². The van der Waals surface area contributed by atoms with Crippen LogP contribution < -0.4 is 0 Å². The van der Waals surface area contributed by atoms with E-state index in [9.17, 15) is 9.90 Å². The summed E-state index contributed by atoms with van der Waals surface area (Å²) >= 11 is 1.32. The number of unbranched alkanes of at least 4 members (excludes halogenated alkanes) is 1. The maximum absolute atomic E-state index is 11.5. The number of aromatic nitrogens is 3. The number of fused-ring (bicyclic) bond motifs is 3. The van der Waals surface area contributed by atoms with Crippen LogP contribution >= 0.6 is 11.8 Å². The predicted octanol–water partition coefficient (Wildman–Crippen LogP) is 3.85. The summed E-state index contributed by atoms with van der Waals surface area (Å²) in [5.41, 5.74) is 1.73. The molecule has 2 N–H and O–H groups in total. The number of para-hydroxylation sites is 1. The highest BCUT2D eigenvalue weighted by Crippen LogP contribution is 2.34. The van der Waals surface area contributed by atoms with Gasteiger partial charge in [-0.1, -0.05) is 49.7 Å². The van der Waals surface area contributed by atoms with Gasteiger partial charge in [0.1, 0.15) is 22.3 Å². The zero-order valence-corrected chi connectivity index (χ0v) is 13.1. The zero-order chi connectivity index (χ0) is 15.5. The van der Waals surface area contributed by atoms with Crippen molar-refractivity contribution >= 4 is 39.7 Å². The molecule has 0 aliphatic carbocycles. The summed E-state index contributed by atoms with van der Waals surface area (Å²) in [5, 5.41) is 11.6. The van der Waals surface area contributed by atoms with Crippen molar-refractivity contribution in [3.05, 3.63) is 30.6 Å². The molecule has 0 spiro atoms. The molecule has 0 radical (unpaired) electrons. The van der Waals surface area contributed by atoms with Crippen molar-refractivity contribution in [1.29, 1.82) is 0 Å². The lowest BCUT2D eigenvalue weighted by molar-refractivity contribution is -0.136. The number of hydrogen-bond donors (Lipinski definition) is 2. The first kappa shape index (κ1) is 14.8. The Hall–Kier alpha value is -2.08. The summed E-state index contributed by atoms with van der Waals surface area (Å²) in [6.07, 6.45) is 4.01. The van der Waals surface area contributed by atoms with Gasteiger partial charge in [-0.2, -0.15) is 0 Å². The van der Waals surface area contributed by atoms with Gasteiger partial charge >= 0.3 is 5.97 Å². The molecule has 2 aromatic heterocycles. The molecule has 0 fully saturated rings. The molecule has 0 saturated carbocycles. The van der Waals surface area contributed by atoms with Crippen molar-refractivity contribution in [2.24, 2.45) is 0 Å². The van der Waals surface area contributed by atoms with E-state index in [2.05, 4.69) is 21.9 Å². The van der Waals surface area contributed by atoms with Crippen LogP contribution in [0.2, 0.25) is 0 Å². The molecule has 6 heteroatoms. The molecule has 22 heavy (non-hydrogen) atoms. The van der Waals surface area contributed by atoms with E-state index >= 15 is 0 Å². The number of thioether (sulfide) groups is 1. The van der Waals surface area contributed by atoms with E-state index in [1.165, 1.54) is 18.1 Å². The van der Waals surface area contributed by atoms with Crippen molar-refractivity contribution in [3.63, 3.8) is 0 Å². The molecule has 0 saturated heterocycles. The number of nitrogens with zero attached hydrogens (tertiary/aromatic N) is 2. The Balaban J connectivity index is 2.04. The minimum absolute atomic E-state index is 0.480. The van der Waals surface area contributed by atoms with Crippen molar-refractivity contribution in [3.8, 4) is 0 Å². The van der Waals surface area contributed by atoms with Gasteiger partial charge in [-0.25, -0.2) is 9.97 Å². The standard InChI is InChI=1S/C16H17N3O2S/c1-2-3-8-12(16(20)21)22-15-13-10-6-4-5-7-11(10)19-14(13)17-9-18-15/h4-7,9,12H,2-3,8H2,1H3,(H,20,21)(H,17,18,19). The number of H-pyrrole nitrogens is 1. The second-order valence-corrected chi connectivity index (χ2v) is 6.35. The number of nitrogens with one attached hydrogen (secondary N) is 1. The number of carboxylic acids is 1. The fraction of sp³-hybridized carbons (Fsp3) is 0.312. The van der Waals surface area contributed by atoms with Crippen LogP contribution in [0.1, 0.15) is 26.2 Å². The number of benzene rings is 1. The number of carbonyl (C=O) groups is 1. The molecule has 1 atom stereocenters. The first-order valence-electron chi connectivity index (χ1n) is 7.31. The molecule has 1 aromatic carbocycles. The molecule has 0 bridgehead atoms. The maximum atomic E-state index is 11.5. The van der Waals surface area contributed by atoms with Crippen LogP contribution in [0.15, 0.2) is 35.6 Å². The smallest absolute Gasteiger partial charge is 0.317 e. The normalized spacial score (nSPS) is 12.8. The largest absolute Gasteiger partial charge is 0.480 e. The van der Waals surface area contributed by atoms with Crippen molar-refractivity contribution in [2.45, 2.75) is 36.5 Å². The van der Waals surface area contributed by atoms with Gasteiger partial charge in [0.25, 0.3) is 0 Å². The van der Waals surface area contributed by atoms with Crippen LogP contribution in [0.25, 0.3) is 21.9 Å². The molecule has 114 valence electrons. The van der Waals surface area contributed by atoms with E-state index in [1.807, 2.05) is 24.3 Å². The van der Waals surface area contributed by atoms with Crippen LogP contribution in [0.5, 0.6) is 0 Å². The molecule has 0 aliphatic rings. The maximum Gasteiger partial charge on any atom is 0.317 e. The Morgan fingerprint density at radius 2 is 2.18 bits per heavy atom. The molecule has 3 rings (SSSR count). The number of aromatic amines is 1. The van der Waals surface area contributed by atoms with Gasteiger partial charge in [-0.05, 0) is 12.5 Å². The second-order valence-electron chi connectivity index (χ2n) is 5.16. The van der Waals surface area contributed by atoms with E-state index in [0.717, 1.165) is 39.8 Å². The van der Waals surface area contributed by atoms with Crippen molar-refractivity contribution in [1.82, 2.24) is 15.0 Å². The molecule has 1 unspecified atom stereocenters. The third-order valence-corrected chi connectivity index (χ3v) is 4.87. The fourth-order valence-electron chi connectivity index (χ4n) is 2.49. The first-order chi connectivity index (χ1) is 10.7. The first-order valence-corrected chi connectivity index (χ1v) is 8.19. The number of carboxylic acid groups (broad SMARTS) is 1. The Kier molecular flexibility index (Phi) is 4.29. The van der Waals surface area contributed by atoms with Crippen LogP contribution in [0.4, 0.5) is 0 Å². The number of aliphatic carboxylic acids is 1. The summed E-state index contributed by atoms with van der Waals surface area (Å²) in [6, 6.07) is 7.91. The zero-order valence-electron chi connectivity index (χ0n) is 12.2. The van der Waals surface area contributed by atoms with Gasteiger partial charge in [0.2, 0.25) is 0 Å². The quantitative estimate of drug-likeness (QED) is 0.533. The van der Waals surface area contributed by atoms with Crippen LogP contribution in [0.3, 0.4) is 0 Å². The topological polar surface area (TPSA) is 78.9 Å². The van der Waals surface area contributed by atoms with Crippen molar-refractivity contribution in [2.75, 3.05) is 0 Å². The van der Waals surface area contributed by atoms with E-state index in [4.69, 9.17) is 0 Å². The predicted molar refractivity (Wildman–Crippen MR) is 88.2 cm³/mol. The summed E-state index contributed by atoms with van der Waals surface area (Å²) in [5.74, 6) is -0.787. The monoisotopic (exact) mass is 315 g/mol. The number of hydrogen-bond acceptors (Lipinski definition) is 4. The average Bonchev–Trinajstić information content (AvgIpc) is 2.90. The summed E-state index contributed by atoms with van der Waals surface area (Å²) in [7, 11) is 0. The lowest BCUT2D eigenvalue weighted by atomic mass is 10.2. The van der Waals surface area contributed by atoms with Gasteiger partial charge in [-0.3, -0.25) is 4.79 Å². The third-order valence-electron chi connectivity index (χ3n) is 3.61.